The summed E-state index contributed by atoms with van der Waals surface area (Å²) in [7, 11) is 0. The van der Waals surface area contributed by atoms with Gasteiger partial charge in [-0.1, -0.05) is 92.4 Å². The van der Waals surface area contributed by atoms with E-state index in [9.17, 15) is 22.8 Å². The molecule has 0 aliphatic heterocycles. The van der Waals surface area contributed by atoms with Gasteiger partial charge in [0, 0.05) is 57.6 Å². The summed E-state index contributed by atoms with van der Waals surface area (Å²) < 4.78 is 46.0. The number of aromatic nitrogens is 1. The van der Waals surface area contributed by atoms with Crippen molar-refractivity contribution < 1.29 is 32.3 Å². The lowest BCUT2D eigenvalue weighted by Crippen LogP contribution is -2.23. The molecule has 0 bridgehead atoms. The second-order valence-corrected chi connectivity index (χ2v) is 14.8. The number of nitrogens with zero attached hydrogens (tertiary/aromatic N) is 2. The highest BCUT2D eigenvalue weighted by atomic mass is 19.4. The highest BCUT2D eigenvalue weighted by molar-refractivity contribution is 6.21. The first kappa shape index (κ1) is 38.9. The molecule has 0 spiro atoms. The number of unbranched alkanes of at least 4 members (excludes halogenated alkanes) is 1. The fourth-order valence-electron chi connectivity index (χ4n) is 8.09. The van der Waals surface area contributed by atoms with E-state index in [2.05, 4.69) is 60.0 Å². The van der Waals surface area contributed by atoms with E-state index >= 15 is 0 Å². The molecular weight excluding hydrogens is 689 g/mol. The smallest absolute Gasteiger partial charge is 0.364 e. The molecule has 9 heteroatoms. The van der Waals surface area contributed by atoms with Crippen molar-refractivity contribution in [1.82, 2.24) is 4.57 Å². The second-order valence-electron chi connectivity index (χ2n) is 14.8. The molecule has 6 nitrogen and oxygen atoms in total. The van der Waals surface area contributed by atoms with Gasteiger partial charge in [0.1, 0.15) is 12.3 Å². The standard InChI is InChI=1S/C45H49F3N2O4/c1-7-9-12-31(8-2)25-50-40-20-17-33(42(49-54-30(6)51)32-15-18-34(19-16-32)53-26-45(46,47)48)23-37(40)38-24-39(35-13-10-11-14-36(35)43(38)50)44(52)41-28(4)21-27(3)22-29(41)5/h11,14-18,20-24,31,34H,7-10,12-13,19,25-26H2,1-6H3/b49-42+. The predicted octanol–water partition coefficient (Wildman–Crippen LogP) is 11.2. The zero-order chi connectivity index (χ0) is 38.7. The Kier molecular flexibility index (Phi) is 11.8. The molecular formula is C45H49F3N2O4. The number of benzene rings is 3. The van der Waals surface area contributed by atoms with Crippen molar-refractivity contribution >= 4 is 45.3 Å². The summed E-state index contributed by atoms with van der Waals surface area (Å²) >= 11 is 0. The van der Waals surface area contributed by atoms with Gasteiger partial charge >= 0.3 is 12.1 Å². The summed E-state index contributed by atoms with van der Waals surface area (Å²) in [6.45, 7) is 11.2. The number of carbonyl (C=O) groups is 2. The molecule has 0 fully saturated rings. The van der Waals surface area contributed by atoms with Crippen LogP contribution < -0.4 is 0 Å². The summed E-state index contributed by atoms with van der Waals surface area (Å²) in [5.41, 5.74) is 10.3. The van der Waals surface area contributed by atoms with Gasteiger partial charge < -0.3 is 14.1 Å². The molecule has 0 N–H and O–H groups in total. The first-order valence-electron chi connectivity index (χ1n) is 19.0. The molecule has 4 aromatic rings. The maximum Gasteiger partial charge on any atom is 0.411 e. The van der Waals surface area contributed by atoms with Gasteiger partial charge in [-0.3, -0.25) is 4.79 Å². The zero-order valence-electron chi connectivity index (χ0n) is 32.0. The molecule has 0 saturated carbocycles. The molecule has 0 saturated heterocycles. The molecule has 2 unspecified atom stereocenters. The topological polar surface area (TPSA) is 69.9 Å². The third-order valence-electron chi connectivity index (χ3n) is 10.6. The van der Waals surface area contributed by atoms with Crippen LogP contribution in [0.5, 0.6) is 0 Å². The van der Waals surface area contributed by atoms with Gasteiger partial charge in [0.05, 0.1) is 11.6 Å². The van der Waals surface area contributed by atoms with Crippen molar-refractivity contribution in [2.45, 2.75) is 105 Å². The van der Waals surface area contributed by atoms with Crippen molar-refractivity contribution in [1.29, 1.82) is 0 Å². The number of oxime groups is 1. The minimum absolute atomic E-state index is 0.0155. The molecule has 6 rings (SSSR count). The van der Waals surface area contributed by atoms with E-state index in [1.54, 1.807) is 18.2 Å². The van der Waals surface area contributed by atoms with Crippen LogP contribution in [0.2, 0.25) is 0 Å². The fourth-order valence-corrected chi connectivity index (χ4v) is 8.09. The van der Waals surface area contributed by atoms with Gasteiger partial charge in [0.15, 0.2) is 5.78 Å². The van der Waals surface area contributed by atoms with Crippen LogP contribution in [-0.2, 0) is 27.3 Å². The summed E-state index contributed by atoms with van der Waals surface area (Å²) in [5.74, 6) is -0.128. The van der Waals surface area contributed by atoms with Crippen LogP contribution in [0.3, 0.4) is 0 Å². The van der Waals surface area contributed by atoms with Crippen LogP contribution in [0.15, 0.2) is 71.4 Å². The van der Waals surface area contributed by atoms with Crippen molar-refractivity contribution in [2.24, 2.45) is 11.1 Å². The Bertz CT molecular complexity index is 2200. The van der Waals surface area contributed by atoms with E-state index in [0.29, 0.717) is 28.3 Å². The number of rotatable bonds is 13. The lowest BCUT2D eigenvalue weighted by molar-refractivity contribution is -0.180. The molecule has 0 amide bonds. The van der Waals surface area contributed by atoms with E-state index in [-0.39, 0.29) is 12.2 Å². The molecule has 3 aromatic carbocycles. The Labute approximate surface area is 315 Å². The van der Waals surface area contributed by atoms with Crippen LogP contribution in [0.4, 0.5) is 13.2 Å². The average Bonchev–Trinajstić information content (AvgIpc) is 3.44. The Morgan fingerprint density at radius 3 is 2.43 bits per heavy atom. The summed E-state index contributed by atoms with van der Waals surface area (Å²) in [6, 6.07) is 12.2. The number of allylic oxidation sites excluding steroid dienone is 3. The number of hydrogen-bond acceptors (Lipinski definition) is 5. The number of carbonyl (C=O) groups excluding carboxylic acids is 2. The average molecular weight is 739 g/mol. The first-order valence-corrected chi connectivity index (χ1v) is 19.0. The van der Waals surface area contributed by atoms with Crippen LogP contribution in [0.1, 0.15) is 109 Å². The maximum absolute atomic E-state index is 14.7. The second kappa shape index (κ2) is 16.3. The molecule has 2 aliphatic rings. The van der Waals surface area contributed by atoms with Gasteiger partial charge in [-0.25, -0.2) is 4.79 Å². The molecule has 284 valence electrons. The Balaban J connectivity index is 1.56. The maximum atomic E-state index is 14.7. The van der Waals surface area contributed by atoms with E-state index in [1.807, 2.05) is 32.9 Å². The highest BCUT2D eigenvalue weighted by Gasteiger charge is 2.30. The summed E-state index contributed by atoms with van der Waals surface area (Å²) in [4.78, 5) is 31.8. The third-order valence-corrected chi connectivity index (χ3v) is 10.6. The van der Waals surface area contributed by atoms with E-state index in [0.717, 1.165) is 100 Å². The van der Waals surface area contributed by atoms with Gasteiger partial charge in [-0.2, -0.15) is 13.2 Å². The molecule has 1 heterocycles. The lowest BCUT2D eigenvalue weighted by Gasteiger charge is -2.22. The van der Waals surface area contributed by atoms with E-state index in [4.69, 9.17) is 9.57 Å². The van der Waals surface area contributed by atoms with Crippen molar-refractivity contribution in [3.63, 3.8) is 0 Å². The number of aryl methyl sites for hydroxylation is 3. The number of ether oxygens (including phenoxy) is 1. The lowest BCUT2D eigenvalue weighted by atomic mass is 9.84. The third kappa shape index (κ3) is 8.31. The normalized spacial score (nSPS) is 16.5. The number of halogens is 3. The Morgan fingerprint density at radius 2 is 1.78 bits per heavy atom. The van der Waals surface area contributed by atoms with E-state index in [1.165, 1.54) is 6.92 Å². The van der Waals surface area contributed by atoms with Gasteiger partial charge in [-0.15, -0.1) is 0 Å². The number of fused-ring (bicyclic) bond motifs is 5. The predicted molar refractivity (Wildman–Crippen MR) is 210 cm³/mol. The molecule has 1 aromatic heterocycles. The summed E-state index contributed by atoms with van der Waals surface area (Å²) in [6.07, 6.45) is 10.4. The van der Waals surface area contributed by atoms with Gasteiger partial charge in [0.2, 0.25) is 0 Å². The number of ketones is 1. The van der Waals surface area contributed by atoms with Crippen molar-refractivity contribution in [2.75, 3.05) is 6.61 Å². The zero-order valence-corrected chi connectivity index (χ0v) is 32.0. The highest BCUT2D eigenvalue weighted by Crippen LogP contribution is 2.40. The quantitative estimate of drug-likeness (QED) is 0.0593. The van der Waals surface area contributed by atoms with Crippen LogP contribution in [0, 0.1) is 26.7 Å². The van der Waals surface area contributed by atoms with Gasteiger partial charge in [0.25, 0.3) is 0 Å². The van der Waals surface area contributed by atoms with Crippen LogP contribution in [-0.4, -0.2) is 40.9 Å². The Morgan fingerprint density at radius 1 is 1.02 bits per heavy atom. The minimum atomic E-state index is -4.43. The molecule has 0 radical (unpaired) electrons. The minimum Gasteiger partial charge on any atom is -0.364 e. The number of hydrogen-bond donors (Lipinski definition) is 0. The monoisotopic (exact) mass is 738 g/mol. The van der Waals surface area contributed by atoms with Crippen LogP contribution >= 0.6 is 0 Å². The van der Waals surface area contributed by atoms with Crippen molar-refractivity contribution in [3.8, 4) is 0 Å². The molecule has 2 atom stereocenters. The largest absolute Gasteiger partial charge is 0.411 e. The molecule has 54 heavy (non-hydrogen) atoms. The SMILES string of the molecule is CCCCC(CC)Cn1c2ccc(/C(=N/OC(C)=O)C3=CCC(OCC(F)(F)F)C=C3)cc2c2cc(C(=O)c3c(C)cc(C)cc3C)c3c(c21)C=CCC3. The molecule has 2 aliphatic carbocycles. The van der Waals surface area contributed by atoms with Gasteiger partial charge in [-0.05, 0) is 87.3 Å². The van der Waals surface area contributed by atoms with Crippen molar-refractivity contribution in [3.05, 3.63) is 111 Å². The first-order chi connectivity index (χ1) is 25.8. The number of alkyl halides is 3. The Hall–Kier alpha value is -4.76. The van der Waals surface area contributed by atoms with E-state index < -0.39 is 24.9 Å². The summed E-state index contributed by atoms with van der Waals surface area (Å²) in [5, 5.41) is 6.14. The van der Waals surface area contributed by atoms with Crippen LogP contribution in [0.25, 0.3) is 27.9 Å². The fraction of sp³-hybridized carbons (Fsp3) is 0.400.